The van der Waals surface area contributed by atoms with Crippen molar-refractivity contribution in [3.05, 3.63) is 17.4 Å². The van der Waals surface area contributed by atoms with Gasteiger partial charge in [0, 0.05) is 19.3 Å². The lowest BCUT2D eigenvalue weighted by Crippen LogP contribution is -2.01. The molecule has 1 aliphatic carbocycles. The zero-order valence-electron chi connectivity index (χ0n) is 7.38. The molecule has 0 saturated heterocycles. The zero-order valence-corrected chi connectivity index (χ0v) is 8.14. The van der Waals surface area contributed by atoms with E-state index in [1.54, 1.807) is 6.20 Å². The second-order valence-electron chi connectivity index (χ2n) is 3.04. The molecule has 13 heavy (non-hydrogen) atoms. The third-order valence-electron chi connectivity index (χ3n) is 1.93. The first-order chi connectivity index (χ1) is 6.31. The monoisotopic (exact) mass is 198 g/mol. The molecule has 0 amide bonds. The number of halogens is 1. The van der Waals surface area contributed by atoms with Gasteiger partial charge in [-0.15, -0.1) is 0 Å². The van der Waals surface area contributed by atoms with Crippen LogP contribution < -0.4 is 10.1 Å². The first-order valence-corrected chi connectivity index (χ1v) is 4.68. The van der Waals surface area contributed by atoms with Gasteiger partial charge in [0.15, 0.2) is 5.15 Å². The Labute approximate surface area is 82.1 Å². The van der Waals surface area contributed by atoms with Crippen molar-refractivity contribution in [2.24, 2.45) is 0 Å². The summed E-state index contributed by atoms with van der Waals surface area (Å²) in [6.45, 7) is 0. The van der Waals surface area contributed by atoms with Crippen molar-refractivity contribution < 1.29 is 4.74 Å². The van der Waals surface area contributed by atoms with Crippen molar-refractivity contribution in [1.29, 1.82) is 0 Å². The van der Waals surface area contributed by atoms with Crippen LogP contribution in [0.3, 0.4) is 0 Å². The minimum atomic E-state index is 0.380. The van der Waals surface area contributed by atoms with Crippen LogP contribution in [-0.4, -0.2) is 18.1 Å². The number of ether oxygens (including phenoxy) is 1. The fraction of sp³-hybridized carbons (Fsp3) is 0.444. The van der Waals surface area contributed by atoms with Gasteiger partial charge in [-0.05, 0) is 12.8 Å². The number of anilines is 1. The predicted molar refractivity (Wildman–Crippen MR) is 52.4 cm³/mol. The van der Waals surface area contributed by atoms with Crippen LogP contribution in [0.5, 0.6) is 5.75 Å². The Bertz CT molecular complexity index is 312. The number of nitrogens with one attached hydrogen (secondary N) is 1. The van der Waals surface area contributed by atoms with Crippen LogP contribution in [0, 0.1) is 0 Å². The molecule has 0 bridgehead atoms. The van der Waals surface area contributed by atoms with Gasteiger partial charge in [-0.3, -0.25) is 0 Å². The molecule has 2 rings (SSSR count). The minimum Gasteiger partial charge on any atom is -0.488 e. The molecule has 1 aromatic rings. The van der Waals surface area contributed by atoms with Crippen LogP contribution in [0.4, 0.5) is 5.69 Å². The summed E-state index contributed by atoms with van der Waals surface area (Å²) < 4.78 is 5.64. The maximum absolute atomic E-state index is 5.88. The molecule has 1 saturated carbocycles. The second kappa shape index (κ2) is 3.42. The van der Waals surface area contributed by atoms with Gasteiger partial charge in [-0.1, -0.05) is 11.6 Å². The number of hydrogen-bond acceptors (Lipinski definition) is 3. The van der Waals surface area contributed by atoms with Crippen molar-refractivity contribution in [3.63, 3.8) is 0 Å². The van der Waals surface area contributed by atoms with E-state index in [9.17, 15) is 0 Å². The molecule has 1 aromatic heterocycles. The highest BCUT2D eigenvalue weighted by Crippen LogP contribution is 2.34. The highest BCUT2D eigenvalue weighted by Gasteiger charge is 2.24. The van der Waals surface area contributed by atoms with E-state index in [0.717, 1.165) is 24.3 Å². The highest BCUT2D eigenvalue weighted by atomic mass is 35.5. The molecule has 70 valence electrons. The maximum atomic E-state index is 5.88. The van der Waals surface area contributed by atoms with Gasteiger partial charge < -0.3 is 10.1 Å². The van der Waals surface area contributed by atoms with E-state index in [1.807, 2.05) is 13.1 Å². The quantitative estimate of drug-likeness (QED) is 0.757. The Kier molecular flexibility index (Phi) is 2.27. The third kappa shape index (κ3) is 1.86. The number of nitrogens with zero attached hydrogens (tertiary/aromatic N) is 1. The van der Waals surface area contributed by atoms with E-state index in [4.69, 9.17) is 16.3 Å². The highest BCUT2D eigenvalue weighted by molar-refractivity contribution is 6.32. The maximum Gasteiger partial charge on any atom is 0.155 e. The SMILES string of the molecule is CNc1c(OC2CC2)ccnc1Cl. The topological polar surface area (TPSA) is 34.1 Å². The van der Waals surface area contributed by atoms with Crippen LogP contribution in [-0.2, 0) is 0 Å². The lowest BCUT2D eigenvalue weighted by atomic mass is 10.4. The fourth-order valence-corrected chi connectivity index (χ4v) is 1.35. The molecule has 1 fully saturated rings. The Morgan fingerprint density at radius 1 is 1.62 bits per heavy atom. The summed E-state index contributed by atoms with van der Waals surface area (Å²) in [5.41, 5.74) is 0.774. The van der Waals surface area contributed by atoms with Gasteiger partial charge >= 0.3 is 0 Å². The number of pyridine rings is 1. The summed E-state index contributed by atoms with van der Waals surface area (Å²) in [4.78, 5) is 3.96. The minimum absolute atomic E-state index is 0.380. The molecule has 1 heterocycles. The summed E-state index contributed by atoms with van der Waals surface area (Å²) >= 11 is 5.88. The van der Waals surface area contributed by atoms with Crippen molar-refractivity contribution in [3.8, 4) is 5.75 Å². The van der Waals surface area contributed by atoms with E-state index < -0.39 is 0 Å². The Morgan fingerprint density at radius 3 is 3.00 bits per heavy atom. The average Bonchev–Trinajstić information content (AvgIpc) is 2.89. The van der Waals surface area contributed by atoms with Crippen LogP contribution in [0.15, 0.2) is 12.3 Å². The van der Waals surface area contributed by atoms with Crippen LogP contribution in [0.2, 0.25) is 5.15 Å². The number of hydrogen-bond donors (Lipinski definition) is 1. The van der Waals surface area contributed by atoms with Crippen LogP contribution in [0.25, 0.3) is 0 Å². The largest absolute Gasteiger partial charge is 0.488 e. The van der Waals surface area contributed by atoms with Gasteiger partial charge in [0.1, 0.15) is 11.4 Å². The first kappa shape index (κ1) is 8.63. The molecular formula is C9H11ClN2O. The van der Waals surface area contributed by atoms with Gasteiger partial charge in [0.25, 0.3) is 0 Å². The zero-order chi connectivity index (χ0) is 9.26. The Balaban J connectivity index is 2.25. The van der Waals surface area contributed by atoms with E-state index in [1.165, 1.54) is 0 Å². The van der Waals surface area contributed by atoms with Crippen molar-refractivity contribution >= 4 is 17.3 Å². The summed E-state index contributed by atoms with van der Waals surface area (Å²) in [6, 6.07) is 1.83. The van der Waals surface area contributed by atoms with E-state index in [-0.39, 0.29) is 0 Å². The summed E-state index contributed by atoms with van der Waals surface area (Å²) in [5.74, 6) is 0.796. The van der Waals surface area contributed by atoms with Gasteiger partial charge in [0.2, 0.25) is 0 Å². The van der Waals surface area contributed by atoms with Gasteiger partial charge in [-0.2, -0.15) is 0 Å². The second-order valence-corrected chi connectivity index (χ2v) is 3.40. The normalized spacial score (nSPS) is 15.5. The molecule has 1 aliphatic rings. The lowest BCUT2D eigenvalue weighted by molar-refractivity contribution is 0.304. The molecule has 0 atom stereocenters. The molecule has 0 radical (unpaired) electrons. The van der Waals surface area contributed by atoms with Crippen LogP contribution >= 0.6 is 11.6 Å². The molecule has 4 heteroatoms. The van der Waals surface area contributed by atoms with Crippen molar-refractivity contribution in [2.45, 2.75) is 18.9 Å². The lowest BCUT2D eigenvalue weighted by Gasteiger charge is -2.10. The Morgan fingerprint density at radius 2 is 2.38 bits per heavy atom. The summed E-state index contributed by atoms with van der Waals surface area (Å²) in [5, 5.41) is 3.44. The van der Waals surface area contributed by atoms with Crippen molar-refractivity contribution in [2.75, 3.05) is 12.4 Å². The number of aromatic nitrogens is 1. The number of rotatable bonds is 3. The smallest absolute Gasteiger partial charge is 0.155 e. The summed E-state index contributed by atoms with van der Waals surface area (Å²) in [7, 11) is 1.81. The van der Waals surface area contributed by atoms with E-state index >= 15 is 0 Å². The molecule has 0 unspecified atom stereocenters. The summed E-state index contributed by atoms with van der Waals surface area (Å²) in [6.07, 6.45) is 4.32. The predicted octanol–water partition coefficient (Wildman–Crippen LogP) is 2.32. The average molecular weight is 199 g/mol. The van der Waals surface area contributed by atoms with E-state index in [0.29, 0.717) is 11.3 Å². The third-order valence-corrected chi connectivity index (χ3v) is 2.22. The van der Waals surface area contributed by atoms with E-state index in [2.05, 4.69) is 10.3 Å². The molecule has 0 aliphatic heterocycles. The van der Waals surface area contributed by atoms with Gasteiger partial charge in [0.05, 0.1) is 6.10 Å². The molecule has 3 nitrogen and oxygen atoms in total. The molecular weight excluding hydrogens is 188 g/mol. The van der Waals surface area contributed by atoms with Gasteiger partial charge in [-0.25, -0.2) is 4.98 Å². The fourth-order valence-electron chi connectivity index (χ4n) is 1.11. The molecule has 0 aromatic carbocycles. The standard InChI is InChI=1S/C9H11ClN2O/c1-11-8-7(13-6-2-3-6)4-5-12-9(8)10/h4-6,11H,2-3H2,1H3. The van der Waals surface area contributed by atoms with Crippen LogP contribution in [0.1, 0.15) is 12.8 Å². The first-order valence-electron chi connectivity index (χ1n) is 4.30. The molecule has 1 N–H and O–H groups in total. The van der Waals surface area contributed by atoms with Crippen molar-refractivity contribution in [1.82, 2.24) is 4.98 Å². The molecule has 0 spiro atoms. The Hall–Kier alpha value is -0.960.